The van der Waals surface area contributed by atoms with Crippen molar-refractivity contribution in [3.63, 3.8) is 0 Å². The normalized spacial score (nSPS) is 17.9. The standard InChI is InChI=1S/C27H30ClN3O3S/c1-17(22-8-3-2-6-14-29-22)35-27(34)24(31-26(33)18-10-12-20(28)13-11-18)15-19-16-25(32)30-23-9-5-4-7-21(19)23/h4-5,7,9-13,16-17,22,24,29H,2-3,6,8,14-15H2,1H3,(H,30,32)(H,31,33)/t17-,22?,24?/m0/s1. The molecule has 8 heteroatoms. The number of aromatic amines is 1. The highest BCUT2D eigenvalue weighted by Crippen LogP contribution is 2.25. The molecule has 1 saturated heterocycles. The third kappa shape index (κ3) is 6.75. The van der Waals surface area contributed by atoms with E-state index in [2.05, 4.69) is 22.5 Å². The lowest BCUT2D eigenvalue weighted by Crippen LogP contribution is -2.43. The van der Waals surface area contributed by atoms with Gasteiger partial charge in [0.25, 0.3) is 5.91 Å². The molecule has 0 bridgehead atoms. The second kappa shape index (κ2) is 11.9. The van der Waals surface area contributed by atoms with Gasteiger partial charge in [-0.1, -0.05) is 61.3 Å². The highest BCUT2D eigenvalue weighted by molar-refractivity contribution is 8.14. The van der Waals surface area contributed by atoms with Crippen LogP contribution in [0.4, 0.5) is 0 Å². The summed E-state index contributed by atoms with van der Waals surface area (Å²) in [4.78, 5) is 41.7. The van der Waals surface area contributed by atoms with Crippen molar-refractivity contribution >= 4 is 45.3 Å². The number of para-hydroxylation sites is 1. The molecule has 6 nitrogen and oxygen atoms in total. The average Bonchev–Trinajstić information content (AvgIpc) is 3.13. The number of benzene rings is 2. The fourth-order valence-corrected chi connectivity index (χ4v) is 5.70. The zero-order valence-corrected chi connectivity index (χ0v) is 21.3. The van der Waals surface area contributed by atoms with Crippen LogP contribution in [0.15, 0.2) is 59.4 Å². The van der Waals surface area contributed by atoms with Gasteiger partial charge in [0.05, 0.1) is 0 Å². The molecule has 3 N–H and O–H groups in total. The minimum Gasteiger partial charge on any atom is -0.341 e. The molecule has 1 aromatic heterocycles. The van der Waals surface area contributed by atoms with E-state index in [4.69, 9.17) is 11.6 Å². The van der Waals surface area contributed by atoms with Gasteiger partial charge in [-0.25, -0.2) is 0 Å². The Bertz CT molecular complexity index is 1240. The molecule has 184 valence electrons. The van der Waals surface area contributed by atoms with E-state index in [1.165, 1.54) is 24.2 Å². The second-order valence-electron chi connectivity index (χ2n) is 8.99. The minimum atomic E-state index is -0.790. The Morgan fingerprint density at radius 1 is 1.11 bits per heavy atom. The highest BCUT2D eigenvalue weighted by Gasteiger charge is 2.28. The Hall–Kier alpha value is -2.61. The fourth-order valence-electron chi connectivity index (χ4n) is 4.51. The van der Waals surface area contributed by atoms with E-state index in [1.807, 2.05) is 24.3 Å². The number of amides is 1. The molecule has 2 aromatic carbocycles. The van der Waals surface area contributed by atoms with Gasteiger partial charge >= 0.3 is 0 Å². The van der Waals surface area contributed by atoms with Gasteiger partial charge in [-0.05, 0) is 55.3 Å². The van der Waals surface area contributed by atoms with Crippen LogP contribution in [0.25, 0.3) is 10.9 Å². The topological polar surface area (TPSA) is 91.1 Å². The number of hydrogen-bond acceptors (Lipinski definition) is 5. The Balaban J connectivity index is 1.59. The van der Waals surface area contributed by atoms with Crippen LogP contribution in [0.1, 0.15) is 48.5 Å². The fraction of sp³-hybridized carbons (Fsp3) is 0.370. The second-order valence-corrected chi connectivity index (χ2v) is 10.8. The van der Waals surface area contributed by atoms with Crippen molar-refractivity contribution in [1.82, 2.24) is 15.6 Å². The molecule has 0 spiro atoms. The van der Waals surface area contributed by atoms with Gasteiger partial charge in [-0.2, -0.15) is 0 Å². The lowest BCUT2D eigenvalue weighted by atomic mass is 10.0. The van der Waals surface area contributed by atoms with Gasteiger partial charge in [0.2, 0.25) is 10.7 Å². The minimum absolute atomic E-state index is 0.0615. The van der Waals surface area contributed by atoms with Crippen LogP contribution in [0.5, 0.6) is 0 Å². The number of fused-ring (bicyclic) bond motifs is 1. The van der Waals surface area contributed by atoms with Crippen LogP contribution in [-0.2, 0) is 11.2 Å². The third-order valence-corrected chi connectivity index (χ3v) is 7.89. The summed E-state index contributed by atoms with van der Waals surface area (Å²) in [6, 6.07) is 15.0. The largest absolute Gasteiger partial charge is 0.341 e. The van der Waals surface area contributed by atoms with Crippen LogP contribution in [0.2, 0.25) is 5.02 Å². The number of rotatable bonds is 7. The molecule has 0 saturated carbocycles. The number of nitrogens with one attached hydrogen (secondary N) is 3. The molecule has 1 aliphatic heterocycles. The Morgan fingerprint density at radius 2 is 1.89 bits per heavy atom. The quantitative estimate of drug-likeness (QED) is 0.427. The van der Waals surface area contributed by atoms with Crippen molar-refractivity contribution in [3.05, 3.63) is 81.1 Å². The summed E-state index contributed by atoms with van der Waals surface area (Å²) in [6.07, 6.45) is 4.75. The van der Waals surface area contributed by atoms with E-state index >= 15 is 0 Å². The lowest BCUT2D eigenvalue weighted by Gasteiger charge is -2.25. The summed E-state index contributed by atoms with van der Waals surface area (Å²) >= 11 is 7.23. The molecule has 0 aliphatic carbocycles. The summed E-state index contributed by atoms with van der Waals surface area (Å²) in [7, 11) is 0. The first-order valence-electron chi connectivity index (χ1n) is 12.0. The molecule has 4 rings (SSSR count). The summed E-state index contributed by atoms with van der Waals surface area (Å²) in [5, 5.41) is 7.81. The van der Waals surface area contributed by atoms with E-state index < -0.39 is 6.04 Å². The molecule has 35 heavy (non-hydrogen) atoms. The molecule has 2 unspecified atom stereocenters. The van der Waals surface area contributed by atoms with Gasteiger partial charge in [-0.15, -0.1) is 0 Å². The molecule has 1 amide bonds. The number of pyridine rings is 1. The van der Waals surface area contributed by atoms with Gasteiger partial charge in [0.15, 0.2) is 0 Å². The molecular formula is C27H30ClN3O3S. The zero-order valence-electron chi connectivity index (χ0n) is 19.7. The molecule has 3 aromatic rings. The first kappa shape index (κ1) is 25.5. The first-order chi connectivity index (χ1) is 16.9. The monoisotopic (exact) mass is 511 g/mol. The smallest absolute Gasteiger partial charge is 0.251 e. The van der Waals surface area contributed by atoms with Crippen molar-refractivity contribution < 1.29 is 9.59 Å². The number of halogens is 1. The van der Waals surface area contributed by atoms with Crippen LogP contribution in [-0.4, -0.2) is 39.9 Å². The number of carbonyl (C=O) groups is 2. The number of H-pyrrole nitrogens is 1. The van der Waals surface area contributed by atoms with Crippen LogP contribution >= 0.6 is 23.4 Å². The van der Waals surface area contributed by atoms with Crippen molar-refractivity contribution in [3.8, 4) is 0 Å². The van der Waals surface area contributed by atoms with Crippen molar-refractivity contribution in [1.29, 1.82) is 0 Å². The third-order valence-electron chi connectivity index (χ3n) is 6.42. The summed E-state index contributed by atoms with van der Waals surface area (Å²) in [6.45, 7) is 3.02. The predicted octanol–water partition coefficient (Wildman–Crippen LogP) is 4.70. The van der Waals surface area contributed by atoms with E-state index in [0.717, 1.165) is 36.8 Å². The summed E-state index contributed by atoms with van der Waals surface area (Å²) in [5.41, 5.74) is 1.61. The molecular weight excluding hydrogens is 482 g/mol. The van der Waals surface area contributed by atoms with Crippen molar-refractivity contribution in [2.45, 2.75) is 56.4 Å². The average molecular weight is 512 g/mol. The maximum Gasteiger partial charge on any atom is 0.251 e. The van der Waals surface area contributed by atoms with E-state index in [-0.39, 0.29) is 34.3 Å². The Morgan fingerprint density at radius 3 is 2.69 bits per heavy atom. The number of aromatic nitrogens is 1. The SMILES string of the molecule is C[C@H](SC(=O)C(Cc1cc(=O)[nH]c2ccccc12)NC(=O)c1ccc(Cl)cc1)C1CCCCCN1. The highest BCUT2D eigenvalue weighted by atomic mass is 35.5. The van der Waals surface area contributed by atoms with Gasteiger partial charge in [0, 0.05) is 45.3 Å². The summed E-state index contributed by atoms with van der Waals surface area (Å²) in [5.74, 6) is -0.352. The lowest BCUT2D eigenvalue weighted by molar-refractivity contribution is -0.112. The molecule has 2 heterocycles. The summed E-state index contributed by atoms with van der Waals surface area (Å²) < 4.78 is 0. The number of hydrogen-bond donors (Lipinski definition) is 3. The van der Waals surface area contributed by atoms with Gasteiger partial charge < -0.3 is 15.6 Å². The number of carbonyl (C=O) groups excluding carboxylic acids is 2. The Kier molecular flexibility index (Phi) is 8.65. The molecule has 1 aliphatic rings. The molecule has 1 fully saturated rings. The maximum atomic E-state index is 13.5. The van der Waals surface area contributed by atoms with E-state index in [0.29, 0.717) is 16.1 Å². The number of thioether (sulfide) groups is 1. The maximum absolute atomic E-state index is 13.5. The molecule has 3 atom stereocenters. The van der Waals surface area contributed by atoms with E-state index in [9.17, 15) is 14.4 Å². The zero-order chi connectivity index (χ0) is 24.8. The van der Waals surface area contributed by atoms with Crippen molar-refractivity contribution in [2.75, 3.05) is 6.54 Å². The molecule has 0 radical (unpaired) electrons. The van der Waals surface area contributed by atoms with Gasteiger partial charge in [0.1, 0.15) is 6.04 Å². The van der Waals surface area contributed by atoms with Crippen LogP contribution in [0.3, 0.4) is 0 Å². The van der Waals surface area contributed by atoms with Crippen molar-refractivity contribution in [2.24, 2.45) is 0 Å². The van der Waals surface area contributed by atoms with Crippen LogP contribution < -0.4 is 16.2 Å². The van der Waals surface area contributed by atoms with E-state index in [1.54, 1.807) is 24.3 Å². The van der Waals surface area contributed by atoms with Crippen LogP contribution in [0, 0.1) is 0 Å². The van der Waals surface area contributed by atoms with Gasteiger partial charge in [-0.3, -0.25) is 14.4 Å². The Labute approximate surface area is 214 Å². The predicted molar refractivity (Wildman–Crippen MR) is 143 cm³/mol. The first-order valence-corrected chi connectivity index (χ1v) is 13.3.